The average molecular weight is 413 g/mol. The lowest BCUT2D eigenvalue weighted by Gasteiger charge is -2.21. The molecule has 0 aromatic heterocycles. The predicted octanol–water partition coefficient (Wildman–Crippen LogP) is 1.96. The Morgan fingerprint density at radius 2 is 1.77 bits per heavy atom. The molecule has 1 saturated heterocycles. The minimum Gasteiger partial charge on any atom is -0.452 e. The Hall–Kier alpha value is -3.75. The van der Waals surface area contributed by atoms with Crippen LogP contribution in [0.2, 0.25) is 0 Å². The van der Waals surface area contributed by atoms with Gasteiger partial charge < -0.3 is 10.1 Å². The molecule has 1 aliphatic heterocycles. The van der Waals surface area contributed by atoms with Crippen LogP contribution in [0, 0.1) is 5.82 Å². The van der Waals surface area contributed by atoms with Crippen LogP contribution in [0.15, 0.2) is 54.6 Å². The van der Waals surface area contributed by atoms with E-state index in [1.54, 1.807) is 6.92 Å². The van der Waals surface area contributed by atoms with Crippen molar-refractivity contribution >= 4 is 23.8 Å². The van der Waals surface area contributed by atoms with Crippen molar-refractivity contribution in [3.05, 3.63) is 71.5 Å². The molecule has 30 heavy (non-hydrogen) atoms. The number of ether oxygens (including phenoxy) is 1. The van der Waals surface area contributed by atoms with Gasteiger partial charge in [0.15, 0.2) is 6.61 Å². The molecule has 0 radical (unpaired) electrons. The molecule has 1 fully saturated rings. The van der Waals surface area contributed by atoms with Gasteiger partial charge >= 0.3 is 12.0 Å². The number of hydrogen-bond donors (Lipinski definition) is 2. The zero-order valence-electron chi connectivity index (χ0n) is 16.2. The van der Waals surface area contributed by atoms with Crippen molar-refractivity contribution in [3.8, 4) is 0 Å². The Balaban J connectivity index is 1.55. The van der Waals surface area contributed by atoms with Gasteiger partial charge in [-0.3, -0.25) is 15.0 Å². The van der Waals surface area contributed by atoms with Crippen LogP contribution < -0.4 is 10.7 Å². The first-order chi connectivity index (χ1) is 14.3. The average Bonchev–Trinajstić information content (AvgIpc) is 2.95. The van der Waals surface area contributed by atoms with E-state index in [1.807, 2.05) is 30.3 Å². The maximum Gasteiger partial charge on any atom is 0.344 e. The van der Waals surface area contributed by atoms with Gasteiger partial charge in [0.05, 0.1) is 5.56 Å². The molecule has 4 amide bonds. The topological polar surface area (TPSA) is 105 Å². The second kappa shape index (κ2) is 8.73. The number of hydrogen-bond acceptors (Lipinski definition) is 5. The molecular formula is C21H20FN3O5. The minimum atomic E-state index is -1.19. The van der Waals surface area contributed by atoms with Gasteiger partial charge in [-0.25, -0.2) is 14.0 Å². The Morgan fingerprint density at radius 3 is 2.47 bits per heavy atom. The molecule has 1 atom stereocenters. The van der Waals surface area contributed by atoms with Crippen LogP contribution in [-0.2, 0) is 20.7 Å². The molecular weight excluding hydrogens is 393 g/mol. The number of nitrogens with zero attached hydrogens (tertiary/aromatic N) is 1. The summed E-state index contributed by atoms with van der Waals surface area (Å²) in [5.41, 5.74) is 1.60. The summed E-state index contributed by atoms with van der Waals surface area (Å²) in [6.45, 7) is 0.783. The molecule has 0 aliphatic carbocycles. The van der Waals surface area contributed by atoms with E-state index in [0.717, 1.165) is 11.6 Å². The van der Waals surface area contributed by atoms with Crippen LogP contribution in [-0.4, -0.2) is 41.0 Å². The molecule has 1 aliphatic rings. The Labute approximate surface area is 172 Å². The lowest BCUT2D eigenvalue weighted by atomic mass is 9.93. The number of rotatable bonds is 7. The van der Waals surface area contributed by atoms with E-state index in [1.165, 1.54) is 18.2 Å². The van der Waals surface area contributed by atoms with Crippen LogP contribution in [0.25, 0.3) is 0 Å². The molecule has 0 bridgehead atoms. The standard InChI is InChI=1S/C21H20FN3O5/c1-21(12-11-14-7-3-2-4-8-14)19(28)25(20(29)23-21)24-17(26)13-30-18(27)15-9-5-6-10-16(15)22/h2-10H,11-13H2,1H3,(H,23,29)(H,24,26)/t21-/m1/s1. The van der Waals surface area contributed by atoms with E-state index in [2.05, 4.69) is 10.7 Å². The van der Waals surface area contributed by atoms with Gasteiger partial charge in [-0.15, -0.1) is 0 Å². The summed E-state index contributed by atoms with van der Waals surface area (Å²) in [6, 6.07) is 13.8. The van der Waals surface area contributed by atoms with Gasteiger partial charge in [0.1, 0.15) is 11.4 Å². The SMILES string of the molecule is C[C@]1(CCc2ccccc2)NC(=O)N(NC(=O)COC(=O)c2ccccc2F)C1=O. The van der Waals surface area contributed by atoms with Crippen molar-refractivity contribution in [1.29, 1.82) is 0 Å². The lowest BCUT2D eigenvalue weighted by molar-refractivity contribution is -0.140. The fraction of sp³-hybridized carbons (Fsp3) is 0.238. The van der Waals surface area contributed by atoms with E-state index in [9.17, 15) is 23.6 Å². The molecule has 3 rings (SSSR count). The zero-order valence-corrected chi connectivity index (χ0v) is 16.2. The van der Waals surface area contributed by atoms with Gasteiger partial charge in [0, 0.05) is 0 Å². The second-order valence-electron chi connectivity index (χ2n) is 6.98. The quantitative estimate of drug-likeness (QED) is 0.533. The summed E-state index contributed by atoms with van der Waals surface area (Å²) >= 11 is 0. The minimum absolute atomic E-state index is 0.325. The molecule has 0 saturated carbocycles. The van der Waals surface area contributed by atoms with Crippen molar-refractivity contribution in [3.63, 3.8) is 0 Å². The summed E-state index contributed by atoms with van der Waals surface area (Å²) in [6.07, 6.45) is 0.877. The van der Waals surface area contributed by atoms with Crippen LogP contribution >= 0.6 is 0 Å². The summed E-state index contributed by atoms with van der Waals surface area (Å²) in [4.78, 5) is 48.7. The summed E-state index contributed by atoms with van der Waals surface area (Å²) in [5, 5.41) is 3.13. The second-order valence-corrected chi connectivity index (χ2v) is 6.98. The third-order valence-corrected chi connectivity index (χ3v) is 4.68. The van der Waals surface area contributed by atoms with Crippen molar-refractivity contribution in [2.24, 2.45) is 0 Å². The van der Waals surface area contributed by atoms with E-state index >= 15 is 0 Å². The molecule has 0 unspecified atom stereocenters. The van der Waals surface area contributed by atoms with Gasteiger partial charge in [-0.05, 0) is 37.5 Å². The lowest BCUT2D eigenvalue weighted by Crippen LogP contribution is -2.50. The highest BCUT2D eigenvalue weighted by molar-refractivity contribution is 6.07. The largest absolute Gasteiger partial charge is 0.452 e. The fourth-order valence-corrected chi connectivity index (χ4v) is 2.99. The van der Waals surface area contributed by atoms with Crippen molar-refractivity contribution in [2.75, 3.05) is 6.61 Å². The number of carbonyl (C=O) groups excluding carboxylic acids is 4. The number of halogens is 1. The first-order valence-electron chi connectivity index (χ1n) is 9.22. The molecule has 1 heterocycles. The highest BCUT2D eigenvalue weighted by Gasteiger charge is 2.48. The zero-order chi connectivity index (χ0) is 21.7. The number of hydrazine groups is 1. The van der Waals surface area contributed by atoms with Crippen LogP contribution in [0.3, 0.4) is 0 Å². The Bertz CT molecular complexity index is 982. The molecule has 0 spiro atoms. The molecule has 2 N–H and O–H groups in total. The predicted molar refractivity (Wildman–Crippen MR) is 103 cm³/mol. The number of carbonyl (C=O) groups is 4. The Morgan fingerprint density at radius 1 is 1.10 bits per heavy atom. The monoisotopic (exact) mass is 413 g/mol. The molecule has 2 aromatic carbocycles. The van der Waals surface area contributed by atoms with Crippen molar-refractivity contribution in [2.45, 2.75) is 25.3 Å². The summed E-state index contributed by atoms with van der Waals surface area (Å²) < 4.78 is 18.3. The van der Waals surface area contributed by atoms with E-state index in [0.29, 0.717) is 17.9 Å². The number of amides is 4. The highest BCUT2D eigenvalue weighted by atomic mass is 19.1. The van der Waals surface area contributed by atoms with Crippen LogP contribution in [0.1, 0.15) is 29.3 Å². The van der Waals surface area contributed by atoms with Gasteiger partial charge in [0.2, 0.25) is 0 Å². The van der Waals surface area contributed by atoms with Gasteiger partial charge in [-0.2, -0.15) is 5.01 Å². The molecule has 2 aromatic rings. The number of nitrogens with one attached hydrogen (secondary N) is 2. The van der Waals surface area contributed by atoms with E-state index in [4.69, 9.17) is 4.74 Å². The summed E-state index contributed by atoms with van der Waals surface area (Å²) in [7, 11) is 0. The van der Waals surface area contributed by atoms with Crippen molar-refractivity contribution in [1.82, 2.24) is 15.8 Å². The molecule has 8 nitrogen and oxygen atoms in total. The molecule has 156 valence electrons. The van der Waals surface area contributed by atoms with Crippen LogP contribution in [0.4, 0.5) is 9.18 Å². The summed E-state index contributed by atoms with van der Waals surface area (Å²) in [5.74, 6) is -3.35. The molecule has 9 heteroatoms. The van der Waals surface area contributed by atoms with Gasteiger partial charge in [0.25, 0.3) is 11.8 Å². The third-order valence-electron chi connectivity index (χ3n) is 4.68. The number of esters is 1. The number of aryl methyl sites for hydroxylation is 1. The van der Waals surface area contributed by atoms with Gasteiger partial charge in [-0.1, -0.05) is 42.5 Å². The first kappa shape index (κ1) is 21.0. The highest BCUT2D eigenvalue weighted by Crippen LogP contribution is 2.22. The Kier molecular flexibility index (Phi) is 6.10. The number of imide groups is 1. The van der Waals surface area contributed by atoms with E-state index < -0.39 is 41.8 Å². The maximum atomic E-state index is 13.6. The smallest absolute Gasteiger partial charge is 0.344 e. The number of urea groups is 1. The van der Waals surface area contributed by atoms with Crippen molar-refractivity contribution < 1.29 is 28.3 Å². The fourth-order valence-electron chi connectivity index (χ4n) is 2.99. The number of benzene rings is 2. The third kappa shape index (κ3) is 4.62. The maximum absolute atomic E-state index is 13.6. The normalized spacial score (nSPS) is 18.1. The van der Waals surface area contributed by atoms with E-state index in [-0.39, 0.29) is 5.56 Å². The first-order valence-corrected chi connectivity index (χ1v) is 9.22. The van der Waals surface area contributed by atoms with Crippen LogP contribution in [0.5, 0.6) is 0 Å².